The van der Waals surface area contributed by atoms with Crippen molar-refractivity contribution < 1.29 is 0 Å². The average Bonchev–Trinajstić information content (AvgIpc) is 2.65. The van der Waals surface area contributed by atoms with E-state index in [2.05, 4.69) is 35.8 Å². The van der Waals surface area contributed by atoms with Crippen LogP contribution in [0, 0.1) is 0 Å². The maximum Gasteiger partial charge on any atom is 0.0171 e. The van der Waals surface area contributed by atoms with Gasteiger partial charge in [-0.05, 0) is 38.9 Å². The number of piperidine rings is 1. The van der Waals surface area contributed by atoms with Gasteiger partial charge in [-0.1, -0.05) is 13.8 Å². The second kappa shape index (κ2) is 5.55. The Kier molecular flexibility index (Phi) is 4.35. The van der Waals surface area contributed by atoms with Crippen LogP contribution in [0.25, 0.3) is 0 Å². The van der Waals surface area contributed by atoms with E-state index in [9.17, 15) is 0 Å². The predicted molar refractivity (Wildman–Crippen MR) is 68.6 cm³/mol. The summed E-state index contributed by atoms with van der Waals surface area (Å²) in [4.78, 5) is 2.56. The van der Waals surface area contributed by atoms with Gasteiger partial charge in [0, 0.05) is 23.1 Å². The average molecular weight is 228 g/mol. The van der Waals surface area contributed by atoms with Gasteiger partial charge in [-0.2, -0.15) is 11.8 Å². The first-order chi connectivity index (χ1) is 7.28. The van der Waals surface area contributed by atoms with Crippen LogP contribution in [0.5, 0.6) is 0 Å². The summed E-state index contributed by atoms with van der Waals surface area (Å²) in [5, 5.41) is 4.72. The maximum atomic E-state index is 3.85. The molecule has 0 aromatic carbocycles. The Morgan fingerprint density at radius 3 is 2.53 bits per heavy atom. The third-order valence-corrected chi connectivity index (χ3v) is 5.06. The van der Waals surface area contributed by atoms with Crippen molar-refractivity contribution in [2.24, 2.45) is 0 Å². The highest BCUT2D eigenvalue weighted by molar-refractivity contribution is 8.00. The zero-order valence-corrected chi connectivity index (χ0v) is 10.9. The first-order valence-corrected chi connectivity index (χ1v) is 7.42. The fraction of sp³-hybridized carbons (Fsp3) is 1.00. The summed E-state index contributed by atoms with van der Waals surface area (Å²) in [7, 11) is 0. The van der Waals surface area contributed by atoms with E-state index in [1.54, 1.807) is 0 Å². The Hall–Kier alpha value is 0.270. The van der Waals surface area contributed by atoms with E-state index in [0.717, 1.165) is 17.3 Å². The van der Waals surface area contributed by atoms with E-state index in [1.807, 2.05) is 0 Å². The SMILES string of the molecule is CCN1CCC(NC2CSC(C)C2)CC1. The fourth-order valence-electron chi connectivity index (χ4n) is 2.68. The monoisotopic (exact) mass is 228 g/mol. The number of hydrogen-bond donors (Lipinski definition) is 1. The van der Waals surface area contributed by atoms with Crippen molar-refractivity contribution in [2.75, 3.05) is 25.4 Å². The van der Waals surface area contributed by atoms with Crippen molar-refractivity contribution in [3.05, 3.63) is 0 Å². The van der Waals surface area contributed by atoms with Crippen molar-refractivity contribution in [3.63, 3.8) is 0 Å². The molecule has 2 rings (SSSR count). The van der Waals surface area contributed by atoms with Gasteiger partial charge in [0.2, 0.25) is 0 Å². The summed E-state index contributed by atoms with van der Waals surface area (Å²) < 4.78 is 0. The van der Waals surface area contributed by atoms with Crippen molar-refractivity contribution in [1.29, 1.82) is 0 Å². The normalized spacial score (nSPS) is 34.8. The molecule has 0 aliphatic carbocycles. The Bertz CT molecular complexity index is 190. The van der Waals surface area contributed by atoms with Gasteiger partial charge >= 0.3 is 0 Å². The number of rotatable bonds is 3. The molecule has 15 heavy (non-hydrogen) atoms. The van der Waals surface area contributed by atoms with Gasteiger partial charge in [-0.3, -0.25) is 0 Å². The van der Waals surface area contributed by atoms with Crippen LogP contribution in [0.15, 0.2) is 0 Å². The molecule has 0 aromatic rings. The summed E-state index contributed by atoms with van der Waals surface area (Å²) in [6, 6.07) is 1.59. The molecule has 2 heterocycles. The quantitative estimate of drug-likeness (QED) is 0.795. The molecule has 2 unspecified atom stereocenters. The molecule has 0 amide bonds. The van der Waals surface area contributed by atoms with Gasteiger partial charge in [0.25, 0.3) is 0 Å². The fourth-order valence-corrected chi connectivity index (χ4v) is 3.84. The highest BCUT2D eigenvalue weighted by Crippen LogP contribution is 2.26. The molecular formula is C12H24N2S. The first kappa shape index (κ1) is 11.7. The largest absolute Gasteiger partial charge is 0.310 e. The van der Waals surface area contributed by atoms with Crippen molar-refractivity contribution in [1.82, 2.24) is 10.2 Å². The van der Waals surface area contributed by atoms with Crippen LogP contribution in [-0.2, 0) is 0 Å². The van der Waals surface area contributed by atoms with Gasteiger partial charge in [-0.15, -0.1) is 0 Å². The van der Waals surface area contributed by atoms with Crippen LogP contribution in [0.2, 0.25) is 0 Å². The Morgan fingerprint density at radius 2 is 2.00 bits per heavy atom. The van der Waals surface area contributed by atoms with Crippen LogP contribution >= 0.6 is 11.8 Å². The second-order valence-corrected chi connectivity index (χ2v) is 6.42. The van der Waals surface area contributed by atoms with Crippen LogP contribution in [0.4, 0.5) is 0 Å². The molecule has 88 valence electrons. The van der Waals surface area contributed by atoms with Gasteiger partial charge in [0.05, 0.1) is 0 Å². The number of thioether (sulfide) groups is 1. The van der Waals surface area contributed by atoms with Crippen LogP contribution in [-0.4, -0.2) is 47.6 Å². The van der Waals surface area contributed by atoms with Crippen LogP contribution < -0.4 is 5.32 Å². The van der Waals surface area contributed by atoms with Crippen LogP contribution in [0.3, 0.4) is 0 Å². The summed E-state index contributed by atoms with van der Waals surface area (Å²) in [6.07, 6.45) is 4.07. The molecule has 0 aromatic heterocycles. The Balaban J connectivity index is 1.68. The molecule has 0 spiro atoms. The predicted octanol–water partition coefficient (Wildman–Crippen LogP) is 1.95. The summed E-state index contributed by atoms with van der Waals surface area (Å²) in [6.45, 7) is 8.44. The number of nitrogens with one attached hydrogen (secondary N) is 1. The minimum absolute atomic E-state index is 0.795. The molecule has 0 saturated carbocycles. The Labute approximate surface area is 98.2 Å². The van der Waals surface area contributed by atoms with Gasteiger partial charge < -0.3 is 10.2 Å². The zero-order valence-electron chi connectivity index (χ0n) is 10.0. The molecule has 2 atom stereocenters. The summed E-state index contributed by atoms with van der Waals surface area (Å²) >= 11 is 2.13. The summed E-state index contributed by atoms with van der Waals surface area (Å²) in [5.74, 6) is 1.33. The Morgan fingerprint density at radius 1 is 1.27 bits per heavy atom. The van der Waals surface area contributed by atoms with E-state index in [1.165, 1.54) is 44.6 Å². The molecule has 0 bridgehead atoms. The third kappa shape index (κ3) is 3.36. The zero-order chi connectivity index (χ0) is 10.7. The van der Waals surface area contributed by atoms with Gasteiger partial charge in [-0.25, -0.2) is 0 Å². The van der Waals surface area contributed by atoms with E-state index >= 15 is 0 Å². The third-order valence-electron chi connectivity index (χ3n) is 3.70. The molecule has 2 nitrogen and oxygen atoms in total. The lowest BCUT2D eigenvalue weighted by atomic mass is 10.0. The molecule has 2 fully saturated rings. The van der Waals surface area contributed by atoms with E-state index in [0.29, 0.717) is 0 Å². The molecule has 2 aliphatic heterocycles. The van der Waals surface area contributed by atoms with Crippen LogP contribution in [0.1, 0.15) is 33.1 Å². The number of hydrogen-bond acceptors (Lipinski definition) is 3. The molecule has 3 heteroatoms. The van der Waals surface area contributed by atoms with Gasteiger partial charge in [0.15, 0.2) is 0 Å². The van der Waals surface area contributed by atoms with E-state index in [-0.39, 0.29) is 0 Å². The summed E-state index contributed by atoms with van der Waals surface area (Å²) in [5.41, 5.74) is 0. The van der Waals surface area contributed by atoms with E-state index in [4.69, 9.17) is 0 Å². The maximum absolute atomic E-state index is 3.85. The topological polar surface area (TPSA) is 15.3 Å². The standard InChI is InChI=1S/C12H24N2S/c1-3-14-6-4-11(5-7-14)13-12-8-10(2)15-9-12/h10-13H,3-9H2,1-2H3. The van der Waals surface area contributed by atoms with E-state index < -0.39 is 0 Å². The molecule has 1 N–H and O–H groups in total. The molecule has 2 saturated heterocycles. The highest BCUT2D eigenvalue weighted by atomic mass is 32.2. The highest BCUT2D eigenvalue weighted by Gasteiger charge is 2.25. The lowest BCUT2D eigenvalue weighted by Gasteiger charge is -2.33. The number of nitrogens with zero attached hydrogens (tertiary/aromatic N) is 1. The van der Waals surface area contributed by atoms with Crippen molar-refractivity contribution >= 4 is 11.8 Å². The van der Waals surface area contributed by atoms with Gasteiger partial charge in [0.1, 0.15) is 0 Å². The molecular weight excluding hydrogens is 204 g/mol. The number of likely N-dealkylation sites (tertiary alicyclic amines) is 1. The minimum Gasteiger partial charge on any atom is -0.310 e. The lowest BCUT2D eigenvalue weighted by Crippen LogP contribution is -2.46. The second-order valence-electron chi connectivity index (χ2n) is 4.95. The van der Waals surface area contributed by atoms with Crippen molar-refractivity contribution in [2.45, 2.75) is 50.4 Å². The molecule has 2 aliphatic rings. The smallest absolute Gasteiger partial charge is 0.0171 e. The minimum atomic E-state index is 0.795. The molecule has 0 radical (unpaired) electrons. The van der Waals surface area contributed by atoms with Crippen molar-refractivity contribution in [3.8, 4) is 0 Å². The first-order valence-electron chi connectivity index (χ1n) is 6.38. The lowest BCUT2D eigenvalue weighted by molar-refractivity contribution is 0.200.